The van der Waals surface area contributed by atoms with Crippen molar-refractivity contribution in [2.24, 2.45) is 0 Å². The van der Waals surface area contributed by atoms with Crippen molar-refractivity contribution in [3.63, 3.8) is 0 Å². The molecule has 0 saturated carbocycles. The van der Waals surface area contributed by atoms with Gasteiger partial charge in [0.05, 0.1) is 17.9 Å². The first-order chi connectivity index (χ1) is 11.5. The third-order valence-corrected chi connectivity index (χ3v) is 4.71. The van der Waals surface area contributed by atoms with Gasteiger partial charge in [-0.3, -0.25) is 14.7 Å². The van der Waals surface area contributed by atoms with Crippen molar-refractivity contribution < 1.29 is 4.79 Å². The van der Waals surface area contributed by atoms with Crippen LogP contribution in [0.5, 0.6) is 0 Å². The minimum absolute atomic E-state index is 0.0774. The van der Waals surface area contributed by atoms with Gasteiger partial charge in [-0.15, -0.1) is 0 Å². The lowest BCUT2D eigenvalue weighted by molar-refractivity contribution is 0.0628. The van der Waals surface area contributed by atoms with Gasteiger partial charge in [-0.2, -0.15) is 0 Å². The van der Waals surface area contributed by atoms with Gasteiger partial charge in [-0.1, -0.05) is 0 Å². The average molecular weight is 328 g/mol. The van der Waals surface area contributed by atoms with Crippen molar-refractivity contribution >= 4 is 5.91 Å². The number of amides is 1. The summed E-state index contributed by atoms with van der Waals surface area (Å²) in [6, 6.07) is 0.401. The fourth-order valence-electron chi connectivity index (χ4n) is 2.96. The average Bonchev–Trinajstić information content (AvgIpc) is 2.99. The van der Waals surface area contributed by atoms with Crippen molar-refractivity contribution in [3.8, 4) is 0 Å². The molecule has 0 spiro atoms. The minimum Gasteiger partial charge on any atom is -0.327 e. The largest absolute Gasteiger partial charge is 0.327 e. The fourth-order valence-corrected chi connectivity index (χ4v) is 2.96. The van der Waals surface area contributed by atoms with E-state index in [2.05, 4.69) is 45.3 Å². The smallest absolute Gasteiger partial charge is 0.274 e. The summed E-state index contributed by atoms with van der Waals surface area (Å²) >= 11 is 0. The maximum absolute atomic E-state index is 12.7. The predicted molar refractivity (Wildman–Crippen MR) is 90.3 cm³/mol. The third-order valence-electron chi connectivity index (χ3n) is 4.71. The molecule has 0 bridgehead atoms. The first-order valence-electron chi connectivity index (χ1n) is 8.30. The highest BCUT2D eigenvalue weighted by Crippen LogP contribution is 2.27. The Labute approximate surface area is 142 Å². The predicted octanol–water partition coefficient (Wildman–Crippen LogP) is 1.73. The number of aromatic nitrogens is 4. The van der Waals surface area contributed by atoms with Crippen molar-refractivity contribution in [1.82, 2.24) is 29.3 Å². The summed E-state index contributed by atoms with van der Waals surface area (Å²) < 4.78 is 2.24. The molecule has 128 valence electrons. The van der Waals surface area contributed by atoms with Crippen molar-refractivity contribution in [3.05, 3.63) is 42.0 Å². The van der Waals surface area contributed by atoms with Crippen molar-refractivity contribution in [2.45, 2.75) is 45.9 Å². The van der Waals surface area contributed by atoms with Gasteiger partial charge >= 0.3 is 0 Å². The van der Waals surface area contributed by atoms with Gasteiger partial charge in [-0.25, -0.2) is 9.97 Å². The Morgan fingerprint density at radius 3 is 2.75 bits per heavy atom. The van der Waals surface area contributed by atoms with E-state index in [1.807, 2.05) is 18.0 Å². The highest BCUT2D eigenvalue weighted by molar-refractivity contribution is 5.92. The summed E-state index contributed by atoms with van der Waals surface area (Å²) in [6.07, 6.45) is 6.56. The summed E-state index contributed by atoms with van der Waals surface area (Å²) in [5.41, 5.74) is 1.57. The zero-order valence-corrected chi connectivity index (χ0v) is 14.7. The highest BCUT2D eigenvalue weighted by atomic mass is 16.2. The van der Waals surface area contributed by atoms with Crippen LogP contribution in [0.2, 0.25) is 0 Å². The summed E-state index contributed by atoms with van der Waals surface area (Å²) in [6.45, 7) is 8.64. The van der Waals surface area contributed by atoms with Crippen LogP contribution in [0.15, 0.2) is 24.8 Å². The van der Waals surface area contributed by atoms with E-state index < -0.39 is 0 Å². The molecule has 7 nitrogen and oxygen atoms in total. The van der Waals surface area contributed by atoms with Gasteiger partial charge in [0.2, 0.25) is 0 Å². The molecule has 1 amide bonds. The van der Waals surface area contributed by atoms with Crippen LogP contribution in [0.1, 0.15) is 48.8 Å². The second-order valence-electron chi connectivity index (χ2n) is 6.53. The summed E-state index contributed by atoms with van der Waals surface area (Å²) in [4.78, 5) is 29.5. The highest BCUT2D eigenvalue weighted by Gasteiger charge is 2.31. The Hall–Kier alpha value is -2.28. The molecule has 1 aliphatic rings. The fraction of sp³-hybridized carbons (Fsp3) is 0.529. The summed E-state index contributed by atoms with van der Waals surface area (Å²) in [5.74, 6) is 0.844. The Bertz CT molecular complexity index is 711. The van der Waals surface area contributed by atoms with Crippen LogP contribution >= 0.6 is 0 Å². The van der Waals surface area contributed by atoms with E-state index in [0.717, 1.165) is 18.9 Å². The zero-order chi connectivity index (χ0) is 17.3. The molecule has 0 saturated heterocycles. The number of nitrogens with zero attached hydrogens (tertiary/aromatic N) is 6. The van der Waals surface area contributed by atoms with Gasteiger partial charge in [0.15, 0.2) is 0 Å². The first-order valence-corrected chi connectivity index (χ1v) is 8.30. The SMILES string of the molecule is CC(C)N(C)Cc1cnc2n1CCN(C(=O)c1cnccn1)C2C. The van der Waals surface area contributed by atoms with E-state index in [4.69, 9.17) is 0 Å². The quantitative estimate of drug-likeness (QED) is 0.855. The molecule has 1 unspecified atom stereocenters. The second-order valence-corrected chi connectivity index (χ2v) is 6.53. The van der Waals surface area contributed by atoms with E-state index in [0.29, 0.717) is 18.3 Å². The zero-order valence-electron chi connectivity index (χ0n) is 14.7. The normalized spacial score (nSPS) is 17.4. The molecule has 3 heterocycles. The summed E-state index contributed by atoms with van der Waals surface area (Å²) in [7, 11) is 2.11. The molecule has 1 atom stereocenters. The van der Waals surface area contributed by atoms with E-state index in [-0.39, 0.29) is 11.9 Å². The lowest BCUT2D eigenvalue weighted by atomic mass is 10.2. The number of hydrogen-bond donors (Lipinski definition) is 0. The monoisotopic (exact) mass is 328 g/mol. The van der Waals surface area contributed by atoms with Crippen LogP contribution in [-0.2, 0) is 13.1 Å². The van der Waals surface area contributed by atoms with E-state index in [1.165, 1.54) is 11.9 Å². The van der Waals surface area contributed by atoms with Gasteiger partial charge in [0, 0.05) is 44.3 Å². The van der Waals surface area contributed by atoms with Crippen LogP contribution in [0.3, 0.4) is 0 Å². The van der Waals surface area contributed by atoms with E-state index >= 15 is 0 Å². The van der Waals surface area contributed by atoms with Gasteiger partial charge in [0.25, 0.3) is 5.91 Å². The second kappa shape index (κ2) is 6.68. The maximum Gasteiger partial charge on any atom is 0.274 e. The van der Waals surface area contributed by atoms with Gasteiger partial charge < -0.3 is 9.47 Å². The molecule has 7 heteroatoms. The number of fused-ring (bicyclic) bond motifs is 1. The molecular weight excluding hydrogens is 304 g/mol. The number of hydrogen-bond acceptors (Lipinski definition) is 5. The Morgan fingerprint density at radius 2 is 2.08 bits per heavy atom. The molecule has 24 heavy (non-hydrogen) atoms. The number of imidazole rings is 1. The Morgan fingerprint density at radius 1 is 1.29 bits per heavy atom. The maximum atomic E-state index is 12.7. The molecule has 1 aliphatic heterocycles. The Balaban J connectivity index is 1.80. The van der Waals surface area contributed by atoms with Crippen LogP contribution in [0.4, 0.5) is 0 Å². The van der Waals surface area contributed by atoms with Crippen molar-refractivity contribution in [2.75, 3.05) is 13.6 Å². The molecule has 0 N–H and O–H groups in total. The van der Waals surface area contributed by atoms with Crippen molar-refractivity contribution in [1.29, 1.82) is 0 Å². The molecule has 0 fully saturated rings. The number of carbonyl (C=O) groups excluding carboxylic acids is 1. The topological polar surface area (TPSA) is 67.2 Å². The van der Waals surface area contributed by atoms with Gasteiger partial charge in [0.1, 0.15) is 11.5 Å². The molecule has 2 aromatic heterocycles. The standard InChI is InChI=1S/C17H24N6O/c1-12(2)21(4)11-14-9-20-16-13(3)22(7-8-23(14)16)17(24)15-10-18-5-6-19-15/h5-6,9-10,12-13H,7-8,11H2,1-4H3. The van der Waals surface area contributed by atoms with Crippen LogP contribution in [0, 0.1) is 0 Å². The van der Waals surface area contributed by atoms with Crippen LogP contribution in [0.25, 0.3) is 0 Å². The Kier molecular flexibility index (Phi) is 4.62. The van der Waals surface area contributed by atoms with E-state index in [9.17, 15) is 4.79 Å². The van der Waals surface area contributed by atoms with Crippen LogP contribution in [-0.4, -0.2) is 54.9 Å². The number of carbonyl (C=O) groups is 1. The lowest BCUT2D eigenvalue weighted by Gasteiger charge is -2.34. The number of rotatable bonds is 4. The molecule has 0 radical (unpaired) electrons. The summed E-state index contributed by atoms with van der Waals surface area (Å²) in [5, 5.41) is 0. The molecule has 0 aliphatic carbocycles. The molecule has 2 aromatic rings. The van der Waals surface area contributed by atoms with E-state index in [1.54, 1.807) is 12.4 Å². The first kappa shape index (κ1) is 16.6. The van der Waals surface area contributed by atoms with Gasteiger partial charge in [-0.05, 0) is 27.8 Å². The minimum atomic E-state index is -0.0919. The molecular formula is C17H24N6O. The van der Waals surface area contributed by atoms with Crippen LogP contribution < -0.4 is 0 Å². The lowest BCUT2D eigenvalue weighted by Crippen LogP contribution is -2.42. The molecule has 0 aromatic carbocycles. The molecule has 3 rings (SSSR count). The third kappa shape index (κ3) is 3.03.